The summed E-state index contributed by atoms with van der Waals surface area (Å²) in [5.41, 5.74) is 3.19. The predicted molar refractivity (Wildman–Crippen MR) is 106 cm³/mol. The van der Waals surface area contributed by atoms with Crippen molar-refractivity contribution in [3.05, 3.63) is 71.9 Å². The third kappa shape index (κ3) is 4.55. The highest BCUT2D eigenvalue weighted by molar-refractivity contribution is 6.03. The lowest BCUT2D eigenvalue weighted by Crippen LogP contribution is -2.13. The Kier molecular flexibility index (Phi) is 5.56. The molecule has 3 rings (SSSR count). The van der Waals surface area contributed by atoms with Crippen LogP contribution in [0.2, 0.25) is 0 Å². The smallest absolute Gasteiger partial charge is 0.256 e. The summed E-state index contributed by atoms with van der Waals surface area (Å²) in [6, 6.07) is 16.5. The molecule has 0 aliphatic carbocycles. The van der Waals surface area contributed by atoms with Gasteiger partial charge >= 0.3 is 0 Å². The zero-order valence-electron chi connectivity index (χ0n) is 15.4. The number of rotatable bonds is 6. The quantitative estimate of drug-likeness (QED) is 0.679. The van der Waals surface area contributed by atoms with Gasteiger partial charge < -0.3 is 20.1 Å². The number of benzene rings is 2. The number of ether oxygens (including phenoxy) is 2. The number of pyridine rings is 1. The summed E-state index contributed by atoms with van der Waals surface area (Å²) in [4.78, 5) is 16.6. The first-order chi connectivity index (χ1) is 13.1. The van der Waals surface area contributed by atoms with Crippen molar-refractivity contribution in [1.82, 2.24) is 4.98 Å². The van der Waals surface area contributed by atoms with Crippen LogP contribution in [0.15, 0.2) is 60.8 Å². The molecule has 1 amide bonds. The fraction of sp³-hybridized carbons (Fsp3) is 0.143. The van der Waals surface area contributed by atoms with Crippen LogP contribution in [0.25, 0.3) is 0 Å². The van der Waals surface area contributed by atoms with Crippen molar-refractivity contribution in [2.45, 2.75) is 6.92 Å². The maximum atomic E-state index is 12.3. The molecule has 0 atom stereocenters. The average molecular weight is 363 g/mol. The lowest BCUT2D eigenvalue weighted by molar-refractivity contribution is 0.102. The van der Waals surface area contributed by atoms with Gasteiger partial charge in [0.25, 0.3) is 5.91 Å². The number of nitrogens with zero attached hydrogens (tertiary/aromatic N) is 1. The fourth-order valence-electron chi connectivity index (χ4n) is 2.57. The molecule has 0 fully saturated rings. The topological polar surface area (TPSA) is 72.5 Å². The van der Waals surface area contributed by atoms with E-state index in [-0.39, 0.29) is 5.91 Å². The molecule has 1 heterocycles. The highest BCUT2D eigenvalue weighted by Gasteiger charge is 2.08. The van der Waals surface area contributed by atoms with E-state index < -0.39 is 0 Å². The van der Waals surface area contributed by atoms with Gasteiger partial charge in [-0.1, -0.05) is 17.7 Å². The van der Waals surface area contributed by atoms with Crippen LogP contribution in [0.5, 0.6) is 11.5 Å². The van der Waals surface area contributed by atoms with Crippen LogP contribution in [0, 0.1) is 6.92 Å². The third-order valence-corrected chi connectivity index (χ3v) is 3.97. The number of methoxy groups -OCH3 is 2. The zero-order valence-corrected chi connectivity index (χ0v) is 15.4. The Bertz CT molecular complexity index is 940. The van der Waals surface area contributed by atoms with Gasteiger partial charge in [0.2, 0.25) is 0 Å². The fourth-order valence-corrected chi connectivity index (χ4v) is 2.57. The summed E-state index contributed by atoms with van der Waals surface area (Å²) in [6.07, 6.45) is 1.65. The number of anilines is 3. The van der Waals surface area contributed by atoms with Crippen LogP contribution < -0.4 is 20.1 Å². The first kappa shape index (κ1) is 18.3. The molecule has 27 heavy (non-hydrogen) atoms. The van der Waals surface area contributed by atoms with Crippen LogP contribution >= 0.6 is 0 Å². The summed E-state index contributed by atoms with van der Waals surface area (Å²) < 4.78 is 10.6. The molecule has 138 valence electrons. The van der Waals surface area contributed by atoms with Crippen molar-refractivity contribution in [2.24, 2.45) is 0 Å². The minimum atomic E-state index is -0.191. The molecular formula is C21H21N3O3. The summed E-state index contributed by atoms with van der Waals surface area (Å²) in [6.45, 7) is 1.95. The number of hydrogen-bond acceptors (Lipinski definition) is 5. The summed E-state index contributed by atoms with van der Waals surface area (Å²) in [7, 11) is 3.21. The van der Waals surface area contributed by atoms with Crippen molar-refractivity contribution >= 4 is 23.1 Å². The molecule has 6 heteroatoms. The number of aryl methyl sites for hydroxylation is 1. The second kappa shape index (κ2) is 8.23. The third-order valence-electron chi connectivity index (χ3n) is 3.97. The first-order valence-corrected chi connectivity index (χ1v) is 8.42. The van der Waals surface area contributed by atoms with Gasteiger partial charge in [-0.3, -0.25) is 4.79 Å². The molecule has 2 N–H and O–H groups in total. The Morgan fingerprint density at radius 2 is 1.85 bits per heavy atom. The molecular weight excluding hydrogens is 342 g/mol. The molecule has 0 aliphatic rings. The van der Waals surface area contributed by atoms with Crippen LogP contribution in [-0.2, 0) is 0 Å². The second-order valence-electron chi connectivity index (χ2n) is 5.95. The van der Waals surface area contributed by atoms with Crippen LogP contribution in [0.3, 0.4) is 0 Å². The Morgan fingerprint density at radius 3 is 2.52 bits per heavy atom. The highest BCUT2D eigenvalue weighted by Crippen LogP contribution is 2.31. The van der Waals surface area contributed by atoms with Gasteiger partial charge in [0, 0.05) is 11.6 Å². The Hall–Kier alpha value is -3.54. The van der Waals surface area contributed by atoms with E-state index in [1.165, 1.54) is 0 Å². The van der Waals surface area contributed by atoms with Gasteiger partial charge in [-0.2, -0.15) is 0 Å². The molecule has 1 aromatic heterocycles. The number of carbonyl (C=O) groups excluding carboxylic acids is 1. The number of hydrogen-bond donors (Lipinski definition) is 2. The predicted octanol–water partition coefficient (Wildman–Crippen LogP) is 4.40. The molecule has 0 radical (unpaired) electrons. The molecule has 0 aliphatic heterocycles. The van der Waals surface area contributed by atoms with E-state index in [4.69, 9.17) is 9.47 Å². The summed E-state index contributed by atoms with van der Waals surface area (Å²) >= 11 is 0. The SMILES string of the molecule is COc1ccc(Nc2ccc(NC(=O)c3cccc(C)c3)nc2)c(OC)c1. The van der Waals surface area contributed by atoms with E-state index in [2.05, 4.69) is 15.6 Å². The van der Waals surface area contributed by atoms with Crippen molar-refractivity contribution in [1.29, 1.82) is 0 Å². The van der Waals surface area contributed by atoms with Gasteiger partial charge in [-0.05, 0) is 43.3 Å². The van der Waals surface area contributed by atoms with Gasteiger partial charge in [0.15, 0.2) is 0 Å². The average Bonchev–Trinajstić information content (AvgIpc) is 2.69. The summed E-state index contributed by atoms with van der Waals surface area (Å²) in [5, 5.41) is 6.03. The lowest BCUT2D eigenvalue weighted by atomic mass is 10.1. The van der Waals surface area contributed by atoms with Crippen LogP contribution in [0.4, 0.5) is 17.2 Å². The van der Waals surface area contributed by atoms with E-state index in [0.717, 1.165) is 16.9 Å². The maximum Gasteiger partial charge on any atom is 0.256 e. The zero-order chi connectivity index (χ0) is 19.2. The largest absolute Gasteiger partial charge is 0.497 e. The Morgan fingerprint density at radius 1 is 1.00 bits per heavy atom. The number of nitrogens with one attached hydrogen (secondary N) is 2. The van der Waals surface area contributed by atoms with Crippen LogP contribution in [0.1, 0.15) is 15.9 Å². The molecule has 0 spiro atoms. The van der Waals surface area contributed by atoms with E-state index in [9.17, 15) is 4.79 Å². The van der Waals surface area contributed by atoms with Gasteiger partial charge in [-0.25, -0.2) is 4.98 Å². The van der Waals surface area contributed by atoms with E-state index >= 15 is 0 Å². The van der Waals surface area contributed by atoms with Gasteiger partial charge in [0.05, 0.1) is 31.8 Å². The van der Waals surface area contributed by atoms with Gasteiger partial charge in [0.1, 0.15) is 17.3 Å². The standard InChI is InChI=1S/C21H21N3O3/c1-14-5-4-6-15(11-14)21(25)24-20-10-7-16(13-22-20)23-18-9-8-17(26-2)12-19(18)27-3/h4-13,23H,1-3H3,(H,22,24,25). The lowest BCUT2D eigenvalue weighted by Gasteiger charge is -2.12. The molecule has 6 nitrogen and oxygen atoms in total. The second-order valence-corrected chi connectivity index (χ2v) is 5.95. The molecule has 2 aromatic carbocycles. The first-order valence-electron chi connectivity index (χ1n) is 8.42. The Balaban J connectivity index is 1.69. The molecule has 0 saturated carbocycles. The Labute approximate surface area is 158 Å². The van der Waals surface area contributed by atoms with Gasteiger partial charge in [-0.15, -0.1) is 0 Å². The van der Waals surface area contributed by atoms with Crippen LogP contribution in [-0.4, -0.2) is 25.1 Å². The van der Waals surface area contributed by atoms with Crippen molar-refractivity contribution < 1.29 is 14.3 Å². The number of amides is 1. The number of aromatic nitrogens is 1. The monoisotopic (exact) mass is 363 g/mol. The van der Waals surface area contributed by atoms with Crippen molar-refractivity contribution in [3.63, 3.8) is 0 Å². The molecule has 0 saturated heterocycles. The van der Waals surface area contributed by atoms with E-state index in [0.29, 0.717) is 22.9 Å². The van der Waals surface area contributed by atoms with E-state index in [1.807, 2.05) is 43.3 Å². The molecule has 3 aromatic rings. The van der Waals surface area contributed by atoms with Crippen molar-refractivity contribution in [3.8, 4) is 11.5 Å². The minimum Gasteiger partial charge on any atom is -0.497 e. The highest BCUT2D eigenvalue weighted by atomic mass is 16.5. The number of carbonyl (C=O) groups is 1. The summed E-state index contributed by atoms with van der Waals surface area (Å²) in [5.74, 6) is 1.66. The molecule has 0 bridgehead atoms. The van der Waals surface area contributed by atoms with Crippen molar-refractivity contribution in [2.75, 3.05) is 24.9 Å². The minimum absolute atomic E-state index is 0.191. The molecule has 0 unspecified atom stereocenters. The maximum absolute atomic E-state index is 12.3. The normalized spacial score (nSPS) is 10.2. The van der Waals surface area contributed by atoms with E-state index in [1.54, 1.807) is 38.6 Å².